The third-order valence-corrected chi connectivity index (χ3v) is 4.00. The monoisotopic (exact) mass is 234 g/mol. The number of hydrogen-bond acceptors (Lipinski definition) is 2. The molecule has 2 saturated carbocycles. The quantitative estimate of drug-likeness (QED) is 0.822. The standard InChI is InChI=1S/C13H18N2O2/c16-11(17)7-6-10-12(8-2-1-3-8)14-15-13(10)9-4-5-9/h8-9H,1-7H2,(H,14,15)(H,16,17). The van der Waals surface area contributed by atoms with Gasteiger partial charge in [0, 0.05) is 24.0 Å². The van der Waals surface area contributed by atoms with E-state index in [-0.39, 0.29) is 6.42 Å². The predicted octanol–water partition coefficient (Wildman–Crippen LogP) is 2.57. The second-order valence-electron chi connectivity index (χ2n) is 5.30. The van der Waals surface area contributed by atoms with Gasteiger partial charge in [-0.25, -0.2) is 0 Å². The Bertz CT molecular complexity index is 431. The summed E-state index contributed by atoms with van der Waals surface area (Å²) in [7, 11) is 0. The lowest BCUT2D eigenvalue weighted by Gasteiger charge is -2.24. The van der Waals surface area contributed by atoms with E-state index in [9.17, 15) is 4.79 Å². The minimum Gasteiger partial charge on any atom is -0.481 e. The van der Waals surface area contributed by atoms with Crippen molar-refractivity contribution in [2.24, 2.45) is 0 Å². The van der Waals surface area contributed by atoms with Gasteiger partial charge < -0.3 is 5.11 Å². The fourth-order valence-corrected chi connectivity index (χ4v) is 2.62. The van der Waals surface area contributed by atoms with E-state index in [4.69, 9.17) is 5.11 Å². The number of nitrogens with zero attached hydrogens (tertiary/aromatic N) is 1. The van der Waals surface area contributed by atoms with Gasteiger partial charge in [-0.3, -0.25) is 9.89 Å². The zero-order valence-electron chi connectivity index (χ0n) is 9.91. The van der Waals surface area contributed by atoms with Gasteiger partial charge in [0.15, 0.2) is 0 Å². The summed E-state index contributed by atoms with van der Waals surface area (Å²) < 4.78 is 0. The minimum atomic E-state index is -0.715. The van der Waals surface area contributed by atoms with Crippen LogP contribution in [-0.4, -0.2) is 21.3 Å². The topological polar surface area (TPSA) is 66.0 Å². The number of carboxylic acids is 1. The van der Waals surface area contributed by atoms with Gasteiger partial charge in [-0.1, -0.05) is 6.42 Å². The maximum Gasteiger partial charge on any atom is 0.303 e. The van der Waals surface area contributed by atoms with E-state index in [0.717, 1.165) is 0 Å². The smallest absolute Gasteiger partial charge is 0.303 e. The Morgan fingerprint density at radius 2 is 2.06 bits per heavy atom. The highest BCUT2D eigenvalue weighted by Gasteiger charge is 2.33. The zero-order valence-corrected chi connectivity index (χ0v) is 9.91. The SMILES string of the molecule is O=C(O)CCc1c(C2CCC2)n[nH]c1C1CC1. The molecule has 1 aromatic heterocycles. The third-order valence-electron chi connectivity index (χ3n) is 4.00. The number of carbonyl (C=O) groups is 1. The first-order valence-corrected chi connectivity index (χ1v) is 6.54. The number of rotatable bonds is 5. The van der Waals surface area contributed by atoms with Gasteiger partial charge in [-0.15, -0.1) is 0 Å². The van der Waals surface area contributed by atoms with Crippen molar-refractivity contribution in [2.45, 2.75) is 56.8 Å². The first kappa shape index (κ1) is 10.8. The van der Waals surface area contributed by atoms with Crippen molar-refractivity contribution >= 4 is 5.97 Å². The van der Waals surface area contributed by atoms with Crippen molar-refractivity contribution in [1.82, 2.24) is 10.2 Å². The predicted molar refractivity (Wildman–Crippen MR) is 63.1 cm³/mol. The summed E-state index contributed by atoms with van der Waals surface area (Å²) in [5, 5.41) is 16.5. The largest absolute Gasteiger partial charge is 0.481 e. The Labute approximate surface area is 100 Å². The highest BCUT2D eigenvalue weighted by Crippen LogP contribution is 2.45. The fraction of sp³-hybridized carbons (Fsp3) is 0.692. The molecule has 1 heterocycles. The molecule has 17 heavy (non-hydrogen) atoms. The van der Waals surface area contributed by atoms with Crippen molar-refractivity contribution < 1.29 is 9.90 Å². The lowest BCUT2D eigenvalue weighted by Crippen LogP contribution is -2.12. The molecule has 0 bridgehead atoms. The third kappa shape index (κ3) is 2.08. The van der Waals surface area contributed by atoms with Crippen molar-refractivity contribution in [1.29, 1.82) is 0 Å². The Kier molecular flexibility index (Phi) is 2.65. The molecule has 0 amide bonds. The van der Waals surface area contributed by atoms with Crippen LogP contribution in [0.3, 0.4) is 0 Å². The van der Waals surface area contributed by atoms with E-state index in [1.165, 1.54) is 49.1 Å². The summed E-state index contributed by atoms with van der Waals surface area (Å²) in [6.07, 6.45) is 7.04. The van der Waals surface area contributed by atoms with Gasteiger partial charge >= 0.3 is 5.97 Å². The molecule has 0 aliphatic heterocycles. The summed E-state index contributed by atoms with van der Waals surface area (Å²) in [4.78, 5) is 10.7. The maximum absolute atomic E-state index is 10.7. The molecule has 2 N–H and O–H groups in total. The highest BCUT2D eigenvalue weighted by molar-refractivity contribution is 5.67. The molecule has 0 spiro atoms. The zero-order chi connectivity index (χ0) is 11.8. The molecule has 4 nitrogen and oxygen atoms in total. The van der Waals surface area contributed by atoms with E-state index < -0.39 is 5.97 Å². The number of carboxylic acid groups (broad SMARTS) is 1. The molecule has 0 atom stereocenters. The number of aromatic nitrogens is 2. The number of nitrogens with one attached hydrogen (secondary N) is 1. The van der Waals surface area contributed by atoms with Crippen LogP contribution in [0.5, 0.6) is 0 Å². The second-order valence-corrected chi connectivity index (χ2v) is 5.30. The van der Waals surface area contributed by atoms with Crippen LogP contribution >= 0.6 is 0 Å². The molecule has 1 aromatic rings. The number of hydrogen-bond donors (Lipinski definition) is 2. The highest BCUT2D eigenvalue weighted by atomic mass is 16.4. The average molecular weight is 234 g/mol. The number of H-pyrrole nitrogens is 1. The van der Waals surface area contributed by atoms with Crippen LogP contribution in [0.2, 0.25) is 0 Å². The van der Waals surface area contributed by atoms with Gasteiger partial charge in [-0.05, 0) is 37.7 Å². The van der Waals surface area contributed by atoms with Gasteiger partial charge in [-0.2, -0.15) is 5.10 Å². The molecule has 92 valence electrons. The Morgan fingerprint density at radius 3 is 2.59 bits per heavy atom. The fourth-order valence-electron chi connectivity index (χ4n) is 2.62. The Balaban J connectivity index is 1.83. The van der Waals surface area contributed by atoms with Crippen LogP contribution in [0.15, 0.2) is 0 Å². The number of aromatic amines is 1. The van der Waals surface area contributed by atoms with Crippen LogP contribution in [0, 0.1) is 0 Å². The average Bonchev–Trinajstić information content (AvgIpc) is 2.97. The maximum atomic E-state index is 10.7. The van der Waals surface area contributed by atoms with E-state index in [0.29, 0.717) is 18.3 Å². The number of aliphatic carboxylic acids is 1. The molecule has 4 heteroatoms. The molecule has 3 rings (SSSR count). The molecular formula is C13H18N2O2. The summed E-state index contributed by atoms with van der Waals surface area (Å²) in [6, 6.07) is 0. The normalized spacial score (nSPS) is 20.2. The molecule has 2 fully saturated rings. The van der Waals surface area contributed by atoms with E-state index >= 15 is 0 Å². The molecule has 0 unspecified atom stereocenters. The Hall–Kier alpha value is -1.32. The van der Waals surface area contributed by atoms with Crippen molar-refractivity contribution in [3.05, 3.63) is 17.0 Å². The van der Waals surface area contributed by atoms with Crippen molar-refractivity contribution in [2.75, 3.05) is 0 Å². The van der Waals surface area contributed by atoms with Crippen LogP contribution in [0.25, 0.3) is 0 Å². The molecule has 2 aliphatic carbocycles. The van der Waals surface area contributed by atoms with Crippen LogP contribution in [0.1, 0.15) is 67.3 Å². The van der Waals surface area contributed by atoms with Crippen molar-refractivity contribution in [3.63, 3.8) is 0 Å². The molecule has 0 aromatic carbocycles. The van der Waals surface area contributed by atoms with E-state index in [1.807, 2.05) is 0 Å². The van der Waals surface area contributed by atoms with Gasteiger partial charge in [0.1, 0.15) is 0 Å². The molecular weight excluding hydrogens is 216 g/mol. The molecule has 2 aliphatic rings. The van der Waals surface area contributed by atoms with Gasteiger partial charge in [0.2, 0.25) is 0 Å². The first-order chi connectivity index (χ1) is 8.25. The summed E-state index contributed by atoms with van der Waals surface area (Å²) in [5.74, 6) is 0.496. The first-order valence-electron chi connectivity index (χ1n) is 6.54. The summed E-state index contributed by atoms with van der Waals surface area (Å²) >= 11 is 0. The lowest BCUT2D eigenvalue weighted by molar-refractivity contribution is -0.136. The molecule has 0 radical (unpaired) electrons. The molecule has 0 saturated heterocycles. The lowest BCUT2D eigenvalue weighted by atomic mass is 9.80. The van der Waals surface area contributed by atoms with E-state index in [1.54, 1.807) is 0 Å². The van der Waals surface area contributed by atoms with Gasteiger partial charge in [0.05, 0.1) is 5.69 Å². The Morgan fingerprint density at radius 1 is 1.29 bits per heavy atom. The summed E-state index contributed by atoms with van der Waals surface area (Å²) in [5.41, 5.74) is 3.62. The van der Waals surface area contributed by atoms with Crippen molar-refractivity contribution in [3.8, 4) is 0 Å². The van der Waals surface area contributed by atoms with Crippen LogP contribution < -0.4 is 0 Å². The minimum absolute atomic E-state index is 0.221. The second kappa shape index (κ2) is 4.17. The van der Waals surface area contributed by atoms with Gasteiger partial charge in [0.25, 0.3) is 0 Å². The van der Waals surface area contributed by atoms with Crippen LogP contribution in [0.4, 0.5) is 0 Å². The van der Waals surface area contributed by atoms with Crippen LogP contribution in [-0.2, 0) is 11.2 Å². The summed E-state index contributed by atoms with van der Waals surface area (Å²) in [6.45, 7) is 0. The van der Waals surface area contributed by atoms with E-state index in [2.05, 4.69) is 10.2 Å².